The van der Waals surface area contributed by atoms with Crippen LogP contribution in [-0.2, 0) is 4.74 Å². The molecule has 1 N–H and O–H groups in total. The van der Waals surface area contributed by atoms with Crippen molar-refractivity contribution in [2.45, 2.75) is 26.4 Å². The molecule has 0 unspecified atom stereocenters. The fourth-order valence-corrected chi connectivity index (χ4v) is 2.64. The molecule has 0 saturated heterocycles. The second-order valence-electron chi connectivity index (χ2n) is 6.94. The summed E-state index contributed by atoms with van der Waals surface area (Å²) in [5.74, 6) is 0.449. The lowest BCUT2D eigenvalue weighted by atomic mass is 10.2. The van der Waals surface area contributed by atoms with Crippen molar-refractivity contribution in [2.24, 2.45) is 0 Å². The number of anilines is 1. The zero-order valence-corrected chi connectivity index (χ0v) is 16.0. The minimum Gasteiger partial charge on any atom is -0.491 e. The minimum absolute atomic E-state index is 0.0866. The van der Waals surface area contributed by atoms with E-state index in [0.717, 1.165) is 35.3 Å². The van der Waals surface area contributed by atoms with Gasteiger partial charge in [0.15, 0.2) is 0 Å². The van der Waals surface area contributed by atoms with Crippen LogP contribution < -0.4 is 9.64 Å². The average Bonchev–Trinajstić information content (AvgIpc) is 2.93. The first-order chi connectivity index (χ1) is 11.8. The van der Waals surface area contributed by atoms with Gasteiger partial charge in [-0.2, -0.15) is 0 Å². The molecule has 2 rings (SSSR count). The fourth-order valence-electron chi connectivity index (χ4n) is 2.64. The Morgan fingerprint density at radius 3 is 2.48 bits per heavy atom. The Labute approximate surface area is 149 Å². The minimum atomic E-state index is -0.328. The number of aromatic nitrogens is 1. The van der Waals surface area contributed by atoms with Crippen LogP contribution in [0.4, 0.5) is 5.69 Å². The van der Waals surface area contributed by atoms with E-state index < -0.39 is 0 Å². The molecule has 6 heteroatoms. The molecule has 0 fully saturated rings. The molecule has 0 radical (unpaired) electrons. The highest BCUT2D eigenvalue weighted by atomic mass is 16.5. The molecule has 2 aromatic rings. The van der Waals surface area contributed by atoms with E-state index in [9.17, 15) is 4.79 Å². The zero-order valence-electron chi connectivity index (χ0n) is 16.0. The van der Waals surface area contributed by atoms with E-state index in [1.165, 1.54) is 0 Å². The van der Waals surface area contributed by atoms with Crippen molar-refractivity contribution in [1.29, 1.82) is 0 Å². The summed E-state index contributed by atoms with van der Waals surface area (Å²) in [6.45, 7) is 5.28. The molecular formula is C19H29N3O3. The first-order valence-electron chi connectivity index (χ1n) is 8.60. The molecule has 0 amide bonds. The van der Waals surface area contributed by atoms with Crippen molar-refractivity contribution < 1.29 is 14.3 Å². The Kier molecular flexibility index (Phi) is 6.31. The maximum absolute atomic E-state index is 12.3. The van der Waals surface area contributed by atoms with E-state index in [4.69, 9.17) is 9.47 Å². The van der Waals surface area contributed by atoms with Gasteiger partial charge < -0.3 is 24.3 Å². The number of hydrogen-bond acceptors (Lipinski definition) is 5. The molecule has 138 valence electrons. The quantitative estimate of drug-likeness (QED) is 0.587. The van der Waals surface area contributed by atoms with Crippen LogP contribution in [0.15, 0.2) is 18.2 Å². The molecule has 0 aliphatic heterocycles. The fraction of sp³-hybridized carbons (Fsp3) is 0.526. The third kappa shape index (κ3) is 5.13. The van der Waals surface area contributed by atoms with E-state index in [0.29, 0.717) is 12.3 Å². The number of carbonyl (C=O) groups is 1. The summed E-state index contributed by atoms with van der Waals surface area (Å²) in [6.07, 6.45) is 0.900. The lowest BCUT2D eigenvalue weighted by molar-refractivity contribution is 0.0487. The van der Waals surface area contributed by atoms with E-state index in [-0.39, 0.29) is 12.1 Å². The highest BCUT2D eigenvalue weighted by Gasteiger charge is 2.15. The van der Waals surface area contributed by atoms with Gasteiger partial charge in [-0.3, -0.25) is 0 Å². The van der Waals surface area contributed by atoms with Crippen LogP contribution in [0.5, 0.6) is 5.75 Å². The number of nitrogens with one attached hydrogen (secondary N) is 1. The second-order valence-corrected chi connectivity index (χ2v) is 6.94. The topological polar surface area (TPSA) is 57.8 Å². The summed E-state index contributed by atoms with van der Waals surface area (Å²) in [4.78, 5) is 19.5. The summed E-state index contributed by atoms with van der Waals surface area (Å²) in [5.41, 5.74) is 2.32. The maximum Gasteiger partial charge on any atom is 0.354 e. The van der Waals surface area contributed by atoms with Gasteiger partial charge in [-0.25, -0.2) is 4.79 Å². The number of esters is 1. The molecule has 1 aromatic carbocycles. The average molecular weight is 347 g/mol. The van der Waals surface area contributed by atoms with Gasteiger partial charge in [0.2, 0.25) is 0 Å². The maximum atomic E-state index is 12.3. The number of H-pyrrole nitrogens is 1. The summed E-state index contributed by atoms with van der Waals surface area (Å²) in [6, 6.07) is 5.76. The monoisotopic (exact) mass is 347 g/mol. The third-order valence-corrected chi connectivity index (χ3v) is 3.75. The number of hydrogen-bond donors (Lipinski definition) is 1. The van der Waals surface area contributed by atoms with Crippen molar-refractivity contribution in [3.05, 3.63) is 23.9 Å². The number of carbonyl (C=O) groups excluding carboxylic acids is 1. The molecule has 0 saturated carbocycles. The Morgan fingerprint density at radius 1 is 1.16 bits per heavy atom. The number of nitrogens with zero attached hydrogens (tertiary/aromatic N) is 2. The molecule has 1 aromatic heterocycles. The smallest absolute Gasteiger partial charge is 0.354 e. The van der Waals surface area contributed by atoms with E-state index in [1.807, 2.05) is 65.1 Å². The lowest BCUT2D eigenvalue weighted by Crippen LogP contribution is -2.16. The highest BCUT2D eigenvalue weighted by Crippen LogP contribution is 2.32. The van der Waals surface area contributed by atoms with Gasteiger partial charge in [-0.1, -0.05) is 0 Å². The summed E-state index contributed by atoms with van der Waals surface area (Å²) in [5, 5.41) is 0.973. The molecule has 1 heterocycles. The molecule has 0 aliphatic rings. The molecule has 0 bridgehead atoms. The van der Waals surface area contributed by atoms with E-state index >= 15 is 0 Å². The molecule has 0 atom stereocenters. The van der Waals surface area contributed by atoms with Crippen LogP contribution in [-0.4, -0.2) is 63.3 Å². The van der Waals surface area contributed by atoms with Gasteiger partial charge in [0.05, 0.1) is 18.2 Å². The molecule has 25 heavy (non-hydrogen) atoms. The van der Waals surface area contributed by atoms with Crippen LogP contribution in [0.25, 0.3) is 10.9 Å². The van der Waals surface area contributed by atoms with Crippen LogP contribution in [0.2, 0.25) is 0 Å². The van der Waals surface area contributed by atoms with Crippen LogP contribution >= 0.6 is 0 Å². The number of ether oxygens (including phenoxy) is 2. The highest BCUT2D eigenvalue weighted by molar-refractivity contribution is 6.00. The normalized spacial score (nSPS) is 11.4. The second kappa shape index (κ2) is 8.25. The predicted octanol–water partition coefficient (Wildman–Crippen LogP) is 3.13. The van der Waals surface area contributed by atoms with Gasteiger partial charge in [-0.15, -0.1) is 0 Å². The van der Waals surface area contributed by atoms with Crippen molar-refractivity contribution in [1.82, 2.24) is 9.88 Å². The van der Waals surface area contributed by atoms with Crippen molar-refractivity contribution in [3.8, 4) is 5.75 Å². The summed E-state index contributed by atoms with van der Waals surface area (Å²) < 4.78 is 11.2. The molecular weight excluding hydrogens is 318 g/mol. The number of rotatable bonds is 8. The Hall–Kier alpha value is -2.21. The SMILES string of the molecule is CC(C)Oc1cc(N(C)C)c2cc(C(=O)OCCCN(C)C)[nH]c2c1. The Bertz CT molecular complexity index is 720. The van der Waals surface area contributed by atoms with E-state index in [1.54, 1.807) is 0 Å². The van der Waals surface area contributed by atoms with Gasteiger partial charge in [0, 0.05) is 43.8 Å². The first-order valence-corrected chi connectivity index (χ1v) is 8.60. The van der Waals surface area contributed by atoms with Crippen LogP contribution in [0, 0.1) is 0 Å². The third-order valence-electron chi connectivity index (χ3n) is 3.75. The first kappa shape index (κ1) is 19.1. The number of fused-ring (bicyclic) bond motifs is 1. The standard InChI is InChI=1S/C19H29N3O3/c1-13(2)25-14-10-16-15(18(11-14)22(5)6)12-17(20-16)19(23)24-9-7-8-21(3)4/h10-13,20H,7-9H2,1-6H3. The predicted molar refractivity (Wildman–Crippen MR) is 102 cm³/mol. The van der Waals surface area contributed by atoms with Gasteiger partial charge in [0.25, 0.3) is 0 Å². The number of aromatic amines is 1. The zero-order chi connectivity index (χ0) is 18.6. The van der Waals surface area contributed by atoms with Gasteiger partial charge in [0.1, 0.15) is 11.4 Å². The number of benzene rings is 1. The van der Waals surface area contributed by atoms with E-state index in [2.05, 4.69) is 9.88 Å². The van der Waals surface area contributed by atoms with Crippen LogP contribution in [0.1, 0.15) is 30.8 Å². The summed E-state index contributed by atoms with van der Waals surface area (Å²) in [7, 11) is 7.94. The van der Waals surface area contributed by atoms with Crippen molar-refractivity contribution in [2.75, 3.05) is 46.2 Å². The Morgan fingerprint density at radius 2 is 1.88 bits per heavy atom. The molecule has 0 spiro atoms. The van der Waals surface area contributed by atoms with Gasteiger partial charge in [-0.05, 0) is 40.4 Å². The molecule has 6 nitrogen and oxygen atoms in total. The van der Waals surface area contributed by atoms with Crippen molar-refractivity contribution in [3.63, 3.8) is 0 Å². The van der Waals surface area contributed by atoms with Crippen molar-refractivity contribution >= 4 is 22.6 Å². The molecule has 0 aliphatic carbocycles. The summed E-state index contributed by atoms with van der Waals surface area (Å²) >= 11 is 0. The van der Waals surface area contributed by atoms with Crippen LogP contribution in [0.3, 0.4) is 0 Å². The van der Waals surface area contributed by atoms with Gasteiger partial charge >= 0.3 is 5.97 Å². The Balaban J connectivity index is 2.22. The largest absolute Gasteiger partial charge is 0.491 e. The lowest BCUT2D eigenvalue weighted by Gasteiger charge is -2.17.